The van der Waals surface area contributed by atoms with Crippen molar-refractivity contribution in [3.8, 4) is 22.8 Å². The van der Waals surface area contributed by atoms with Crippen LogP contribution in [0.15, 0.2) is 40.8 Å². The monoisotopic (exact) mass is 366 g/mol. The topological polar surface area (TPSA) is 85.9 Å². The lowest BCUT2D eigenvalue weighted by Gasteiger charge is -2.16. The van der Waals surface area contributed by atoms with Crippen molar-refractivity contribution in [1.82, 2.24) is 10.2 Å². The molecule has 4 rings (SSSR count). The fourth-order valence-corrected chi connectivity index (χ4v) is 3.73. The van der Waals surface area contributed by atoms with Gasteiger partial charge in [-0.3, -0.25) is 9.69 Å². The molecule has 1 aliphatic rings. The van der Waals surface area contributed by atoms with Gasteiger partial charge in [-0.25, -0.2) is 0 Å². The minimum Gasteiger partial charge on any atom is -0.508 e. The zero-order valence-corrected chi connectivity index (χ0v) is 15.2. The molecule has 0 unspecified atom stereocenters. The maximum atomic E-state index is 12.7. The molecule has 0 saturated carbocycles. The molecule has 1 aromatic heterocycles. The van der Waals surface area contributed by atoms with E-state index in [0.717, 1.165) is 25.9 Å². The van der Waals surface area contributed by atoms with E-state index < -0.39 is 0 Å². The Morgan fingerprint density at radius 2 is 1.81 bits per heavy atom. The van der Waals surface area contributed by atoms with Crippen LogP contribution in [0.25, 0.3) is 22.3 Å². The summed E-state index contributed by atoms with van der Waals surface area (Å²) in [5, 5.41) is 23.4. The number of benzene rings is 2. The van der Waals surface area contributed by atoms with E-state index in [4.69, 9.17) is 4.42 Å². The highest BCUT2D eigenvalue weighted by atomic mass is 16.3. The Bertz CT molecular complexity index is 986. The van der Waals surface area contributed by atoms with Crippen molar-refractivity contribution in [3.05, 3.63) is 47.5 Å². The van der Waals surface area contributed by atoms with Gasteiger partial charge in [0.25, 0.3) is 5.91 Å². The predicted octanol–water partition coefficient (Wildman–Crippen LogP) is 3.47. The van der Waals surface area contributed by atoms with Gasteiger partial charge in [0, 0.05) is 30.1 Å². The largest absolute Gasteiger partial charge is 0.508 e. The summed E-state index contributed by atoms with van der Waals surface area (Å²) < 4.78 is 6.04. The number of carbonyl (C=O) groups excluding carboxylic acids is 1. The third-order valence-corrected chi connectivity index (χ3v) is 5.10. The normalized spacial score (nSPS) is 14.7. The number of amides is 1. The molecule has 3 aromatic rings. The molecular formula is C21H22N2O4. The molecule has 1 fully saturated rings. The molecule has 2 heterocycles. The maximum absolute atomic E-state index is 12.7. The standard InChI is InChI=1S/C21H22N2O4/c1-22-21(26)19-18-15(12-23-10-2-3-11-23)16(25)8-9-17(18)27-20(19)13-4-6-14(24)7-5-13/h4-9,24-25H,2-3,10-12H2,1H3,(H,22,26). The van der Waals surface area contributed by atoms with Gasteiger partial charge in [-0.2, -0.15) is 0 Å². The first kappa shape index (κ1) is 17.4. The first-order valence-corrected chi connectivity index (χ1v) is 9.09. The van der Waals surface area contributed by atoms with Crippen LogP contribution < -0.4 is 5.32 Å². The van der Waals surface area contributed by atoms with Crippen LogP contribution in [-0.4, -0.2) is 41.2 Å². The second-order valence-electron chi connectivity index (χ2n) is 6.85. The molecule has 0 radical (unpaired) electrons. The van der Waals surface area contributed by atoms with Crippen LogP contribution in [0.3, 0.4) is 0 Å². The van der Waals surface area contributed by atoms with Crippen molar-refractivity contribution in [3.63, 3.8) is 0 Å². The van der Waals surface area contributed by atoms with Crippen molar-refractivity contribution in [2.75, 3.05) is 20.1 Å². The van der Waals surface area contributed by atoms with E-state index in [0.29, 0.717) is 40.0 Å². The zero-order valence-electron chi connectivity index (χ0n) is 15.2. The number of carbonyl (C=O) groups is 1. The summed E-state index contributed by atoms with van der Waals surface area (Å²) in [4.78, 5) is 15.0. The van der Waals surface area contributed by atoms with Crippen LogP contribution >= 0.6 is 0 Å². The minimum atomic E-state index is -0.273. The van der Waals surface area contributed by atoms with Gasteiger partial charge in [-0.05, 0) is 62.3 Å². The highest BCUT2D eigenvalue weighted by Crippen LogP contribution is 2.39. The summed E-state index contributed by atoms with van der Waals surface area (Å²) in [6, 6.07) is 9.83. The molecule has 1 saturated heterocycles. The third-order valence-electron chi connectivity index (χ3n) is 5.10. The van der Waals surface area contributed by atoms with E-state index in [1.165, 1.54) is 0 Å². The number of nitrogens with one attached hydrogen (secondary N) is 1. The van der Waals surface area contributed by atoms with Crippen molar-refractivity contribution in [2.24, 2.45) is 0 Å². The summed E-state index contributed by atoms with van der Waals surface area (Å²) in [7, 11) is 1.57. The van der Waals surface area contributed by atoms with Gasteiger partial charge in [-0.1, -0.05) is 0 Å². The summed E-state index contributed by atoms with van der Waals surface area (Å²) in [5.41, 5.74) is 2.36. The van der Waals surface area contributed by atoms with Gasteiger partial charge >= 0.3 is 0 Å². The van der Waals surface area contributed by atoms with E-state index in [1.807, 2.05) is 0 Å². The number of hydrogen-bond acceptors (Lipinski definition) is 5. The second kappa shape index (κ2) is 6.96. The second-order valence-corrected chi connectivity index (χ2v) is 6.85. The lowest BCUT2D eigenvalue weighted by Crippen LogP contribution is -2.21. The average Bonchev–Trinajstić information content (AvgIpc) is 3.31. The molecule has 1 amide bonds. The molecular weight excluding hydrogens is 344 g/mol. The highest BCUT2D eigenvalue weighted by molar-refractivity contribution is 6.12. The molecule has 0 atom stereocenters. The summed E-state index contributed by atoms with van der Waals surface area (Å²) in [5.74, 6) is 0.462. The first-order valence-electron chi connectivity index (χ1n) is 9.09. The van der Waals surface area contributed by atoms with Gasteiger partial charge in [-0.15, -0.1) is 0 Å². The Morgan fingerprint density at radius 3 is 2.48 bits per heavy atom. The van der Waals surface area contributed by atoms with Crippen LogP contribution in [0, 0.1) is 0 Å². The highest BCUT2D eigenvalue weighted by Gasteiger charge is 2.26. The van der Waals surface area contributed by atoms with Gasteiger partial charge in [0.05, 0.1) is 5.56 Å². The quantitative estimate of drug-likeness (QED) is 0.658. The van der Waals surface area contributed by atoms with Crippen LogP contribution in [0.4, 0.5) is 0 Å². The Kier molecular flexibility index (Phi) is 4.49. The Labute approximate surface area is 157 Å². The number of furan rings is 1. The first-order chi connectivity index (χ1) is 13.1. The van der Waals surface area contributed by atoms with Crippen LogP contribution in [0.2, 0.25) is 0 Å². The molecule has 2 aromatic carbocycles. The molecule has 0 aliphatic carbocycles. The Balaban J connectivity index is 1.94. The number of fused-ring (bicyclic) bond motifs is 1. The number of nitrogens with zero attached hydrogens (tertiary/aromatic N) is 1. The van der Waals surface area contributed by atoms with Crippen molar-refractivity contribution in [2.45, 2.75) is 19.4 Å². The fraction of sp³-hybridized carbons (Fsp3) is 0.286. The fourth-order valence-electron chi connectivity index (χ4n) is 3.73. The SMILES string of the molecule is CNC(=O)c1c(-c2ccc(O)cc2)oc2ccc(O)c(CN3CCCC3)c12. The Hall–Kier alpha value is -2.99. The number of phenolic OH excluding ortho intramolecular Hbond substituents is 2. The number of hydrogen-bond donors (Lipinski definition) is 3. The molecule has 6 heteroatoms. The minimum absolute atomic E-state index is 0.142. The van der Waals surface area contributed by atoms with Gasteiger partial charge < -0.3 is 19.9 Å². The lowest BCUT2D eigenvalue weighted by atomic mass is 10.00. The smallest absolute Gasteiger partial charge is 0.255 e. The maximum Gasteiger partial charge on any atom is 0.255 e. The van der Waals surface area contributed by atoms with Gasteiger partial charge in [0.15, 0.2) is 0 Å². The number of aromatic hydroxyl groups is 2. The number of phenols is 2. The zero-order chi connectivity index (χ0) is 19.0. The van der Waals surface area contributed by atoms with Crippen molar-refractivity contribution in [1.29, 1.82) is 0 Å². The van der Waals surface area contributed by atoms with Crippen LogP contribution in [-0.2, 0) is 6.54 Å². The Morgan fingerprint density at radius 1 is 1.11 bits per heavy atom. The van der Waals surface area contributed by atoms with Crippen LogP contribution in [0.5, 0.6) is 11.5 Å². The molecule has 0 spiro atoms. The molecule has 0 bridgehead atoms. The van der Waals surface area contributed by atoms with E-state index >= 15 is 0 Å². The molecule has 3 N–H and O–H groups in total. The number of rotatable bonds is 4. The molecule has 1 aliphatic heterocycles. The average molecular weight is 366 g/mol. The molecule has 140 valence electrons. The van der Waals surface area contributed by atoms with E-state index in [9.17, 15) is 15.0 Å². The predicted molar refractivity (Wildman–Crippen MR) is 103 cm³/mol. The van der Waals surface area contributed by atoms with E-state index in [1.54, 1.807) is 43.4 Å². The van der Waals surface area contributed by atoms with Crippen LogP contribution in [0.1, 0.15) is 28.8 Å². The van der Waals surface area contributed by atoms with Crippen molar-refractivity contribution < 1.29 is 19.4 Å². The lowest BCUT2D eigenvalue weighted by molar-refractivity contribution is 0.0964. The third kappa shape index (κ3) is 3.13. The van der Waals surface area contributed by atoms with Gasteiger partial charge in [0.2, 0.25) is 0 Å². The van der Waals surface area contributed by atoms with E-state index in [-0.39, 0.29) is 17.4 Å². The summed E-state index contributed by atoms with van der Waals surface area (Å²) in [6.45, 7) is 2.53. The summed E-state index contributed by atoms with van der Waals surface area (Å²) in [6.07, 6.45) is 2.28. The molecule has 27 heavy (non-hydrogen) atoms. The number of likely N-dealkylation sites (tertiary alicyclic amines) is 1. The van der Waals surface area contributed by atoms with Crippen molar-refractivity contribution >= 4 is 16.9 Å². The van der Waals surface area contributed by atoms with E-state index in [2.05, 4.69) is 10.2 Å². The molecule has 6 nitrogen and oxygen atoms in total. The van der Waals surface area contributed by atoms with Gasteiger partial charge in [0.1, 0.15) is 22.8 Å². The summed E-state index contributed by atoms with van der Waals surface area (Å²) >= 11 is 0.